The van der Waals surface area contributed by atoms with Crippen LogP contribution in [0.4, 0.5) is 0 Å². The lowest BCUT2D eigenvalue weighted by Gasteiger charge is -2.14. The first-order chi connectivity index (χ1) is 8.81. The van der Waals surface area contributed by atoms with Crippen molar-refractivity contribution >= 4 is 21.6 Å². The average Bonchev–Trinajstić information content (AvgIpc) is 2.96. The zero-order chi connectivity index (χ0) is 12.4. The van der Waals surface area contributed by atoms with Gasteiger partial charge in [0.2, 0.25) is 0 Å². The zero-order valence-electron chi connectivity index (χ0n) is 10.0. The number of hydrogen-bond acceptors (Lipinski definition) is 5. The molecule has 4 nitrogen and oxygen atoms in total. The molecule has 2 aromatic rings. The second-order valence-electron chi connectivity index (χ2n) is 4.45. The standard InChI is InChI=1S/C13H16N2O2S/c14-9(8-13-16-5-6-17-13)7-12-15-10-3-1-2-4-11(10)18-12/h1-4,9,13H,5-8,14H2. The van der Waals surface area contributed by atoms with Crippen molar-refractivity contribution in [2.75, 3.05) is 13.2 Å². The maximum Gasteiger partial charge on any atom is 0.159 e. The molecule has 0 bridgehead atoms. The number of benzene rings is 1. The smallest absolute Gasteiger partial charge is 0.159 e. The number of aromatic nitrogens is 1. The Balaban J connectivity index is 1.64. The Labute approximate surface area is 110 Å². The van der Waals surface area contributed by atoms with Gasteiger partial charge in [-0.15, -0.1) is 11.3 Å². The molecule has 3 rings (SSSR count). The molecule has 96 valence electrons. The number of para-hydroxylation sites is 1. The summed E-state index contributed by atoms with van der Waals surface area (Å²) in [5.41, 5.74) is 7.17. The lowest BCUT2D eigenvalue weighted by Crippen LogP contribution is -2.28. The Morgan fingerprint density at radius 2 is 2.11 bits per heavy atom. The van der Waals surface area contributed by atoms with Gasteiger partial charge < -0.3 is 15.2 Å². The summed E-state index contributed by atoms with van der Waals surface area (Å²) in [4.78, 5) is 4.58. The Kier molecular flexibility index (Phi) is 3.56. The number of fused-ring (bicyclic) bond motifs is 1. The molecule has 0 saturated carbocycles. The Hall–Kier alpha value is -1.01. The molecule has 18 heavy (non-hydrogen) atoms. The molecule has 1 atom stereocenters. The van der Waals surface area contributed by atoms with Gasteiger partial charge in [-0.05, 0) is 12.1 Å². The van der Waals surface area contributed by atoms with E-state index in [-0.39, 0.29) is 12.3 Å². The molecule has 1 aromatic carbocycles. The van der Waals surface area contributed by atoms with Gasteiger partial charge in [-0.1, -0.05) is 12.1 Å². The summed E-state index contributed by atoms with van der Waals surface area (Å²) in [5.74, 6) is 0. The number of rotatable bonds is 4. The minimum absolute atomic E-state index is 0.0358. The molecular formula is C13H16N2O2S. The summed E-state index contributed by atoms with van der Waals surface area (Å²) in [6.07, 6.45) is 1.38. The first-order valence-electron chi connectivity index (χ1n) is 6.14. The van der Waals surface area contributed by atoms with Crippen LogP contribution >= 0.6 is 11.3 Å². The van der Waals surface area contributed by atoms with Crippen LogP contribution in [0.25, 0.3) is 10.2 Å². The van der Waals surface area contributed by atoms with E-state index in [2.05, 4.69) is 11.1 Å². The average molecular weight is 264 g/mol. The molecule has 1 aliphatic rings. The van der Waals surface area contributed by atoms with Gasteiger partial charge in [0.05, 0.1) is 28.4 Å². The van der Waals surface area contributed by atoms with Crippen LogP contribution < -0.4 is 5.73 Å². The monoisotopic (exact) mass is 264 g/mol. The van der Waals surface area contributed by atoms with Crippen LogP contribution in [0.2, 0.25) is 0 Å². The summed E-state index contributed by atoms with van der Waals surface area (Å²) < 4.78 is 12.0. The van der Waals surface area contributed by atoms with E-state index in [4.69, 9.17) is 15.2 Å². The van der Waals surface area contributed by atoms with Crippen molar-refractivity contribution in [3.63, 3.8) is 0 Å². The fourth-order valence-corrected chi connectivity index (χ4v) is 3.17. The highest BCUT2D eigenvalue weighted by atomic mass is 32.1. The van der Waals surface area contributed by atoms with E-state index < -0.39 is 0 Å². The van der Waals surface area contributed by atoms with E-state index in [9.17, 15) is 0 Å². The number of nitrogens with two attached hydrogens (primary N) is 1. The van der Waals surface area contributed by atoms with Crippen molar-refractivity contribution in [1.29, 1.82) is 0 Å². The predicted octanol–water partition coefficient (Wildman–Crippen LogP) is 1.93. The molecule has 2 heterocycles. The lowest BCUT2D eigenvalue weighted by atomic mass is 10.1. The van der Waals surface area contributed by atoms with Gasteiger partial charge in [0, 0.05) is 18.9 Å². The van der Waals surface area contributed by atoms with Gasteiger partial charge in [-0.2, -0.15) is 0 Å². The molecule has 0 aliphatic carbocycles. The molecule has 1 unspecified atom stereocenters. The number of ether oxygens (including phenoxy) is 2. The van der Waals surface area contributed by atoms with E-state index in [1.54, 1.807) is 11.3 Å². The van der Waals surface area contributed by atoms with Crippen LogP contribution in [0.1, 0.15) is 11.4 Å². The third-order valence-corrected chi connectivity index (χ3v) is 4.02. The molecule has 2 N–H and O–H groups in total. The van der Waals surface area contributed by atoms with Crippen LogP contribution in [-0.4, -0.2) is 30.5 Å². The highest BCUT2D eigenvalue weighted by Gasteiger charge is 2.20. The molecule has 0 radical (unpaired) electrons. The molecular weight excluding hydrogens is 248 g/mol. The first-order valence-corrected chi connectivity index (χ1v) is 6.96. The summed E-state index contributed by atoms with van der Waals surface area (Å²) in [6, 6.07) is 8.19. The number of nitrogens with zero attached hydrogens (tertiary/aromatic N) is 1. The minimum atomic E-state index is -0.130. The minimum Gasteiger partial charge on any atom is -0.350 e. The molecule has 1 aliphatic heterocycles. The van der Waals surface area contributed by atoms with Crippen LogP contribution in [-0.2, 0) is 15.9 Å². The van der Waals surface area contributed by atoms with Gasteiger partial charge in [-0.25, -0.2) is 4.98 Å². The van der Waals surface area contributed by atoms with Gasteiger partial charge in [0.1, 0.15) is 0 Å². The van der Waals surface area contributed by atoms with Crippen LogP contribution in [0.15, 0.2) is 24.3 Å². The van der Waals surface area contributed by atoms with Crippen molar-refractivity contribution in [2.24, 2.45) is 5.73 Å². The third-order valence-electron chi connectivity index (χ3n) is 2.96. The topological polar surface area (TPSA) is 57.4 Å². The van der Waals surface area contributed by atoms with Crippen LogP contribution in [0.3, 0.4) is 0 Å². The predicted molar refractivity (Wildman–Crippen MR) is 71.6 cm³/mol. The van der Waals surface area contributed by atoms with Gasteiger partial charge in [0.25, 0.3) is 0 Å². The second-order valence-corrected chi connectivity index (χ2v) is 5.56. The van der Waals surface area contributed by atoms with Gasteiger partial charge >= 0.3 is 0 Å². The van der Waals surface area contributed by atoms with Crippen molar-refractivity contribution in [2.45, 2.75) is 25.2 Å². The summed E-state index contributed by atoms with van der Waals surface area (Å²) in [7, 11) is 0. The van der Waals surface area contributed by atoms with Crippen molar-refractivity contribution in [3.8, 4) is 0 Å². The van der Waals surface area contributed by atoms with E-state index in [1.807, 2.05) is 18.2 Å². The van der Waals surface area contributed by atoms with Gasteiger partial charge in [-0.3, -0.25) is 0 Å². The molecule has 1 fully saturated rings. The molecule has 5 heteroatoms. The Bertz CT molecular complexity index is 489. The summed E-state index contributed by atoms with van der Waals surface area (Å²) in [5, 5.41) is 1.08. The Morgan fingerprint density at radius 1 is 1.33 bits per heavy atom. The quantitative estimate of drug-likeness (QED) is 0.916. The highest BCUT2D eigenvalue weighted by Crippen LogP contribution is 2.23. The maximum atomic E-state index is 6.11. The molecule has 1 aromatic heterocycles. The number of thiazole rings is 1. The third kappa shape index (κ3) is 2.70. The molecule has 0 spiro atoms. The van der Waals surface area contributed by atoms with Crippen LogP contribution in [0, 0.1) is 0 Å². The van der Waals surface area contributed by atoms with E-state index in [1.165, 1.54) is 4.70 Å². The summed E-state index contributed by atoms with van der Waals surface area (Å²) in [6.45, 7) is 1.36. The largest absolute Gasteiger partial charge is 0.350 e. The zero-order valence-corrected chi connectivity index (χ0v) is 10.9. The SMILES string of the molecule is NC(Cc1nc2ccccc2s1)CC1OCCO1. The van der Waals surface area contributed by atoms with Crippen molar-refractivity contribution in [1.82, 2.24) is 4.98 Å². The fourth-order valence-electron chi connectivity index (χ4n) is 2.11. The summed E-state index contributed by atoms with van der Waals surface area (Å²) >= 11 is 1.71. The fraction of sp³-hybridized carbons (Fsp3) is 0.462. The normalized spacial score (nSPS) is 18.5. The highest BCUT2D eigenvalue weighted by molar-refractivity contribution is 7.18. The Morgan fingerprint density at radius 3 is 2.89 bits per heavy atom. The maximum absolute atomic E-state index is 6.11. The van der Waals surface area contributed by atoms with Crippen molar-refractivity contribution in [3.05, 3.63) is 29.3 Å². The first kappa shape index (κ1) is 12.0. The van der Waals surface area contributed by atoms with Crippen LogP contribution in [0.5, 0.6) is 0 Å². The van der Waals surface area contributed by atoms with E-state index in [0.717, 1.165) is 23.4 Å². The molecule has 0 amide bonds. The second kappa shape index (κ2) is 5.32. The lowest BCUT2D eigenvalue weighted by molar-refractivity contribution is -0.0504. The van der Waals surface area contributed by atoms with Gasteiger partial charge in [0.15, 0.2) is 6.29 Å². The number of hydrogen-bond donors (Lipinski definition) is 1. The van der Waals surface area contributed by atoms with E-state index >= 15 is 0 Å². The molecule has 1 saturated heterocycles. The van der Waals surface area contributed by atoms with E-state index in [0.29, 0.717) is 13.2 Å². The van der Waals surface area contributed by atoms with Crippen molar-refractivity contribution < 1.29 is 9.47 Å².